The lowest BCUT2D eigenvalue weighted by Crippen LogP contribution is -2.20. The molecule has 148 valence electrons. The van der Waals surface area contributed by atoms with Gasteiger partial charge in [-0.2, -0.15) is 5.10 Å². The number of nitrogens with one attached hydrogen (secondary N) is 1. The van der Waals surface area contributed by atoms with E-state index in [1.165, 1.54) is 42.2 Å². The second-order valence-electron chi connectivity index (χ2n) is 5.85. The summed E-state index contributed by atoms with van der Waals surface area (Å²) in [6.45, 7) is 4.16. The van der Waals surface area contributed by atoms with Crippen molar-refractivity contribution in [3.63, 3.8) is 0 Å². The molecule has 0 saturated carbocycles. The first-order valence-corrected chi connectivity index (χ1v) is 9.55. The van der Waals surface area contributed by atoms with E-state index in [0.29, 0.717) is 28.7 Å². The quantitative estimate of drug-likeness (QED) is 0.265. The summed E-state index contributed by atoms with van der Waals surface area (Å²) in [6.07, 6.45) is 3.11. The van der Waals surface area contributed by atoms with E-state index in [2.05, 4.69) is 27.3 Å². The topological polar surface area (TPSA) is 72.2 Å². The Morgan fingerprint density at radius 3 is 2.41 bits per heavy atom. The van der Waals surface area contributed by atoms with E-state index >= 15 is 0 Å². The number of carbonyl (C=O) groups is 1. The fourth-order valence-electron chi connectivity index (χ4n) is 2.39. The first-order chi connectivity index (χ1) is 14.1. The van der Waals surface area contributed by atoms with E-state index < -0.39 is 0 Å². The third kappa shape index (κ3) is 5.58. The van der Waals surface area contributed by atoms with Gasteiger partial charge < -0.3 is 0 Å². The zero-order valence-corrected chi connectivity index (χ0v) is 16.1. The highest BCUT2D eigenvalue weighted by atomic mass is 32.2. The van der Waals surface area contributed by atoms with Crippen LogP contribution in [0.15, 0.2) is 71.4 Å². The van der Waals surface area contributed by atoms with Gasteiger partial charge in [0.25, 0.3) is 5.91 Å². The molecule has 1 heterocycles. The molecule has 0 aliphatic heterocycles. The Labute approximate surface area is 170 Å². The van der Waals surface area contributed by atoms with Gasteiger partial charge in [0.05, 0.1) is 12.0 Å². The van der Waals surface area contributed by atoms with E-state index in [0.717, 1.165) is 0 Å². The number of aromatic nitrogens is 3. The summed E-state index contributed by atoms with van der Waals surface area (Å²) in [5.74, 6) is -0.381. The average Bonchev–Trinajstić information content (AvgIpc) is 3.11. The van der Waals surface area contributed by atoms with Crippen molar-refractivity contribution in [1.82, 2.24) is 20.2 Å². The molecular formula is C20H17F2N5OS. The van der Waals surface area contributed by atoms with Crippen molar-refractivity contribution in [2.24, 2.45) is 5.10 Å². The van der Waals surface area contributed by atoms with Crippen LogP contribution in [0.4, 0.5) is 8.78 Å². The number of hydrogen-bond acceptors (Lipinski definition) is 5. The Bertz CT molecular complexity index is 1020. The lowest BCUT2D eigenvalue weighted by molar-refractivity contribution is -0.118. The number of benzene rings is 2. The molecule has 0 unspecified atom stereocenters. The number of hydrogen-bond donors (Lipinski definition) is 1. The van der Waals surface area contributed by atoms with Gasteiger partial charge in [0, 0.05) is 12.1 Å². The standard InChI is InChI=1S/C20H17F2N5OS/c1-2-11-27-19(15-5-9-17(22)10-6-15)25-26-20(27)29-13-18(28)24-23-12-14-3-7-16(21)8-4-14/h2-10,12H,1,11,13H2,(H,24,28)/b23-12-. The van der Waals surface area contributed by atoms with Gasteiger partial charge in [-0.15, -0.1) is 16.8 Å². The molecule has 1 N–H and O–H groups in total. The van der Waals surface area contributed by atoms with Crippen molar-refractivity contribution >= 4 is 23.9 Å². The molecule has 0 fully saturated rings. The number of nitrogens with zero attached hydrogens (tertiary/aromatic N) is 4. The third-order valence-electron chi connectivity index (χ3n) is 3.74. The van der Waals surface area contributed by atoms with Crippen molar-refractivity contribution in [3.05, 3.63) is 78.4 Å². The van der Waals surface area contributed by atoms with Crippen LogP contribution < -0.4 is 5.43 Å². The van der Waals surface area contributed by atoms with Gasteiger partial charge in [-0.05, 0) is 42.0 Å². The molecule has 29 heavy (non-hydrogen) atoms. The molecule has 6 nitrogen and oxygen atoms in total. The molecule has 0 atom stereocenters. The molecule has 1 aromatic heterocycles. The Kier molecular flexibility index (Phi) is 6.85. The first-order valence-electron chi connectivity index (χ1n) is 8.57. The van der Waals surface area contributed by atoms with E-state index in [4.69, 9.17) is 0 Å². The van der Waals surface area contributed by atoms with Crippen molar-refractivity contribution in [2.45, 2.75) is 11.7 Å². The van der Waals surface area contributed by atoms with Crippen LogP contribution in [0.25, 0.3) is 11.4 Å². The van der Waals surface area contributed by atoms with Crippen LogP contribution in [0.3, 0.4) is 0 Å². The molecule has 0 aliphatic carbocycles. The van der Waals surface area contributed by atoms with Gasteiger partial charge in [-0.25, -0.2) is 14.2 Å². The van der Waals surface area contributed by atoms with Crippen LogP contribution in [-0.2, 0) is 11.3 Å². The highest BCUT2D eigenvalue weighted by molar-refractivity contribution is 7.99. The average molecular weight is 413 g/mol. The zero-order valence-electron chi connectivity index (χ0n) is 15.3. The molecule has 2 aromatic carbocycles. The largest absolute Gasteiger partial charge is 0.298 e. The maximum absolute atomic E-state index is 13.2. The molecule has 9 heteroatoms. The second kappa shape index (κ2) is 9.74. The molecule has 1 amide bonds. The second-order valence-corrected chi connectivity index (χ2v) is 6.79. The molecule has 0 radical (unpaired) electrons. The lowest BCUT2D eigenvalue weighted by Gasteiger charge is -2.07. The monoisotopic (exact) mass is 413 g/mol. The highest BCUT2D eigenvalue weighted by Gasteiger charge is 2.15. The molecule has 3 rings (SSSR count). The van der Waals surface area contributed by atoms with Crippen LogP contribution in [0.5, 0.6) is 0 Å². The Hall–Kier alpha value is -3.33. The van der Waals surface area contributed by atoms with Gasteiger partial charge in [-0.1, -0.05) is 30.0 Å². The van der Waals surface area contributed by atoms with Crippen LogP contribution in [-0.4, -0.2) is 32.6 Å². The van der Waals surface area contributed by atoms with E-state index in [1.54, 1.807) is 34.9 Å². The fraction of sp³-hybridized carbons (Fsp3) is 0.100. The summed E-state index contributed by atoms with van der Waals surface area (Å²) in [7, 11) is 0. The molecule has 0 spiro atoms. The normalized spacial score (nSPS) is 11.0. The van der Waals surface area contributed by atoms with Crippen molar-refractivity contribution in [3.8, 4) is 11.4 Å². The number of hydrazone groups is 1. The summed E-state index contributed by atoms with van der Waals surface area (Å²) < 4.78 is 27.8. The minimum absolute atomic E-state index is 0.0689. The first kappa shape index (κ1) is 20.4. The molecule has 0 saturated heterocycles. The third-order valence-corrected chi connectivity index (χ3v) is 4.70. The van der Waals surface area contributed by atoms with Gasteiger partial charge in [0.15, 0.2) is 11.0 Å². The van der Waals surface area contributed by atoms with E-state index in [9.17, 15) is 13.6 Å². The predicted octanol–water partition coefficient (Wildman–Crippen LogP) is 3.65. The smallest absolute Gasteiger partial charge is 0.250 e. The summed E-state index contributed by atoms with van der Waals surface area (Å²) >= 11 is 1.19. The maximum atomic E-state index is 13.2. The molecule has 0 aliphatic rings. The minimum atomic E-state index is -0.341. The summed E-state index contributed by atoms with van der Waals surface area (Å²) in [6, 6.07) is 11.6. The van der Waals surface area contributed by atoms with E-state index in [-0.39, 0.29) is 23.3 Å². The van der Waals surface area contributed by atoms with Crippen LogP contribution in [0.1, 0.15) is 5.56 Å². The van der Waals surface area contributed by atoms with Crippen LogP contribution >= 0.6 is 11.8 Å². The van der Waals surface area contributed by atoms with Gasteiger partial charge in [0.1, 0.15) is 11.6 Å². The summed E-state index contributed by atoms with van der Waals surface area (Å²) in [4.78, 5) is 12.0. The number of carbonyl (C=O) groups excluding carboxylic acids is 1. The zero-order chi connectivity index (χ0) is 20.6. The number of allylic oxidation sites excluding steroid dienone is 1. The summed E-state index contributed by atoms with van der Waals surface area (Å²) in [5, 5.41) is 12.7. The lowest BCUT2D eigenvalue weighted by atomic mass is 10.2. The predicted molar refractivity (Wildman–Crippen MR) is 108 cm³/mol. The Morgan fingerprint density at radius 2 is 1.76 bits per heavy atom. The summed E-state index contributed by atoms with van der Waals surface area (Å²) in [5.41, 5.74) is 3.78. The number of rotatable bonds is 8. The Morgan fingerprint density at radius 1 is 1.10 bits per heavy atom. The minimum Gasteiger partial charge on any atom is -0.298 e. The maximum Gasteiger partial charge on any atom is 0.250 e. The van der Waals surface area contributed by atoms with Crippen LogP contribution in [0.2, 0.25) is 0 Å². The Balaban J connectivity index is 1.62. The molecule has 3 aromatic rings. The van der Waals surface area contributed by atoms with Crippen LogP contribution in [0, 0.1) is 11.6 Å². The van der Waals surface area contributed by atoms with E-state index in [1.807, 2.05) is 0 Å². The van der Waals surface area contributed by atoms with Gasteiger partial charge in [0.2, 0.25) is 0 Å². The van der Waals surface area contributed by atoms with Crippen molar-refractivity contribution in [1.29, 1.82) is 0 Å². The fourth-order valence-corrected chi connectivity index (χ4v) is 3.13. The van der Waals surface area contributed by atoms with Gasteiger partial charge >= 0.3 is 0 Å². The SMILES string of the molecule is C=CCn1c(SCC(=O)N/N=C\c2ccc(F)cc2)nnc1-c1ccc(F)cc1. The number of amides is 1. The van der Waals surface area contributed by atoms with Gasteiger partial charge in [-0.3, -0.25) is 9.36 Å². The highest BCUT2D eigenvalue weighted by Crippen LogP contribution is 2.24. The molecular weight excluding hydrogens is 396 g/mol. The number of thioether (sulfide) groups is 1. The van der Waals surface area contributed by atoms with Crippen molar-refractivity contribution in [2.75, 3.05) is 5.75 Å². The van der Waals surface area contributed by atoms with Crippen molar-refractivity contribution < 1.29 is 13.6 Å². The number of halogens is 2. The molecule has 0 bridgehead atoms.